The maximum absolute atomic E-state index is 13.1. The largest absolute Gasteiger partial charge is 0.334 e. The molecule has 4 aromatic rings. The molecule has 0 atom stereocenters. The highest BCUT2D eigenvalue weighted by Crippen LogP contribution is 2.22. The van der Waals surface area contributed by atoms with Crippen molar-refractivity contribution in [2.24, 2.45) is 0 Å². The number of hydrogen-bond acceptors (Lipinski definition) is 7. The fourth-order valence-corrected chi connectivity index (χ4v) is 2.69. The summed E-state index contributed by atoms with van der Waals surface area (Å²) in [6, 6.07) is 9.34. The number of halogens is 2. The molecule has 0 fully saturated rings. The van der Waals surface area contributed by atoms with Crippen LogP contribution in [-0.2, 0) is 10.1 Å². The summed E-state index contributed by atoms with van der Waals surface area (Å²) in [5.41, 5.74) is 1.83. The number of benzene rings is 2. The molecule has 8 nitrogen and oxygen atoms in total. The van der Waals surface area contributed by atoms with Crippen molar-refractivity contribution in [3.63, 3.8) is 0 Å². The number of nitrogens with zero attached hydrogens (tertiary/aromatic N) is 4. The lowest BCUT2D eigenvalue weighted by Crippen LogP contribution is -1.96. The molecule has 2 aromatic carbocycles. The number of aryl methyl sites for hydroxylation is 1. The normalized spacial score (nSPS) is 10.9. The molecular formula is C19H14F2N4O4S. The summed E-state index contributed by atoms with van der Waals surface area (Å²) >= 11 is 0. The third-order valence-electron chi connectivity index (χ3n) is 3.73. The van der Waals surface area contributed by atoms with E-state index in [4.69, 9.17) is 9.08 Å². The molecule has 2 aromatic heterocycles. The zero-order valence-electron chi connectivity index (χ0n) is 15.4. The Morgan fingerprint density at radius 2 is 1.60 bits per heavy atom. The Morgan fingerprint density at radius 3 is 2.20 bits per heavy atom. The van der Waals surface area contributed by atoms with Crippen molar-refractivity contribution in [2.45, 2.75) is 11.8 Å². The molecule has 0 amide bonds. The Balaban J connectivity index is 0.000000199. The highest BCUT2D eigenvalue weighted by molar-refractivity contribution is 7.85. The van der Waals surface area contributed by atoms with Crippen LogP contribution in [0.2, 0.25) is 0 Å². The topological polar surface area (TPSA) is 119 Å². The van der Waals surface area contributed by atoms with Crippen molar-refractivity contribution >= 4 is 10.1 Å². The van der Waals surface area contributed by atoms with E-state index in [9.17, 15) is 17.2 Å². The molecule has 4 rings (SSSR count). The van der Waals surface area contributed by atoms with Gasteiger partial charge in [0, 0.05) is 18.0 Å². The van der Waals surface area contributed by atoms with Crippen LogP contribution in [0.1, 0.15) is 5.56 Å². The molecule has 0 radical (unpaired) electrons. The van der Waals surface area contributed by atoms with E-state index in [1.165, 1.54) is 36.9 Å². The third kappa shape index (κ3) is 5.27. The fourth-order valence-electron chi connectivity index (χ4n) is 2.21. The van der Waals surface area contributed by atoms with Crippen LogP contribution >= 0.6 is 0 Å². The average molecular weight is 432 g/mol. The average Bonchev–Trinajstić information content (AvgIpc) is 3.21. The monoisotopic (exact) mass is 432 g/mol. The first-order valence-corrected chi connectivity index (χ1v) is 9.77. The molecule has 0 saturated heterocycles. The van der Waals surface area contributed by atoms with Gasteiger partial charge in [-0.15, -0.1) is 0 Å². The van der Waals surface area contributed by atoms with Gasteiger partial charge < -0.3 is 4.52 Å². The number of rotatable bonds is 3. The number of aromatic nitrogens is 4. The molecule has 154 valence electrons. The van der Waals surface area contributed by atoms with E-state index in [1.54, 1.807) is 12.1 Å². The minimum Gasteiger partial charge on any atom is -0.334 e. The Kier molecular flexibility index (Phi) is 6.23. The van der Waals surface area contributed by atoms with Crippen molar-refractivity contribution in [2.75, 3.05) is 0 Å². The van der Waals surface area contributed by atoms with Crippen molar-refractivity contribution in [1.82, 2.24) is 20.1 Å². The summed E-state index contributed by atoms with van der Waals surface area (Å²) in [5.74, 6) is -1.53. The number of hydrogen-bond donors (Lipinski definition) is 1. The van der Waals surface area contributed by atoms with Crippen molar-refractivity contribution < 1.29 is 26.3 Å². The minimum absolute atomic E-state index is 0.0666. The Bertz CT molecular complexity index is 1250. The van der Waals surface area contributed by atoms with E-state index in [2.05, 4.69) is 20.1 Å². The van der Waals surface area contributed by atoms with Crippen LogP contribution in [0.3, 0.4) is 0 Å². The van der Waals surface area contributed by atoms with E-state index < -0.39 is 21.8 Å². The van der Waals surface area contributed by atoms with Gasteiger partial charge in [-0.05, 0) is 37.3 Å². The van der Waals surface area contributed by atoms with Crippen LogP contribution in [0.15, 0.2) is 70.6 Å². The van der Waals surface area contributed by atoms with Gasteiger partial charge in [-0.3, -0.25) is 4.55 Å². The SMILES string of the molecule is Cc1ccc(S(=O)(=O)O)cc1.Fc1ccc(-c2nc(-c3cncnc3)no2)cc1F. The first kappa shape index (κ1) is 21.1. The van der Waals surface area contributed by atoms with E-state index in [0.717, 1.165) is 17.7 Å². The fraction of sp³-hybridized carbons (Fsp3) is 0.0526. The molecule has 0 saturated carbocycles. The Hall–Kier alpha value is -3.57. The highest BCUT2D eigenvalue weighted by Gasteiger charge is 2.13. The molecule has 11 heteroatoms. The molecule has 0 spiro atoms. The quantitative estimate of drug-likeness (QED) is 0.487. The van der Waals surface area contributed by atoms with Crippen LogP contribution in [0.25, 0.3) is 22.8 Å². The predicted octanol–water partition coefficient (Wildman–Crippen LogP) is 3.71. The summed E-state index contributed by atoms with van der Waals surface area (Å²) < 4.78 is 60.5. The summed E-state index contributed by atoms with van der Waals surface area (Å²) in [6.45, 7) is 1.84. The minimum atomic E-state index is -4.02. The molecule has 0 aliphatic heterocycles. The maximum atomic E-state index is 13.1. The Labute approximate surface area is 170 Å². The summed E-state index contributed by atoms with van der Waals surface area (Å²) in [6.07, 6.45) is 4.42. The van der Waals surface area contributed by atoms with Gasteiger partial charge in [-0.2, -0.15) is 13.4 Å². The van der Waals surface area contributed by atoms with Gasteiger partial charge in [-0.25, -0.2) is 18.7 Å². The summed E-state index contributed by atoms with van der Waals surface area (Å²) in [4.78, 5) is 11.7. The van der Waals surface area contributed by atoms with E-state index in [-0.39, 0.29) is 16.6 Å². The summed E-state index contributed by atoms with van der Waals surface area (Å²) in [5, 5.41) is 3.73. The van der Waals surface area contributed by atoms with Crippen molar-refractivity contribution in [1.29, 1.82) is 0 Å². The van der Waals surface area contributed by atoms with Crippen LogP contribution in [0.4, 0.5) is 8.78 Å². The van der Waals surface area contributed by atoms with Gasteiger partial charge in [0.25, 0.3) is 16.0 Å². The van der Waals surface area contributed by atoms with Crippen LogP contribution in [0, 0.1) is 18.6 Å². The van der Waals surface area contributed by atoms with E-state index in [0.29, 0.717) is 11.1 Å². The van der Waals surface area contributed by atoms with E-state index in [1.807, 2.05) is 6.92 Å². The molecular weight excluding hydrogens is 418 g/mol. The lowest BCUT2D eigenvalue weighted by molar-refractivity contribution is 0.431. The maximum Gasteiger partial charge on any atom is 0.294 e. The van der Waals surface area contributed by atoms with Crippen molar-refractivity contribution in [3.8, 4) is 22.8 Å². The molecule has 2 heterocycles. The van der Waals surface area contributed by atoms with Crippen molar-refractivity contribution in [3.05, 3.63) is 78.4 Å². The zero-order chi connectivity index (χ0) is 21.7. The smallest absolute Gasteiger partial charge is 0.294 e. The standard InChI is InChI=1S/C12H6F2N4O.C7H8O3S/c13-9-2-1-7(3-10(9)14)12-17-11(18-19-12)8-4-15-6-16-5-8;1-6-2-4-7(5-3-6)11(8,9)10/h1-6H;2-5H,1H3,(H,8,9,10). The van der Waals surface area contributed by atoms with Gasteiger partial charge in [0.15, 0.2) is 11.6 Å². The second-order valence-electron chi connectivity index (χ2n) is 5.97. The second-order valence-corrected chi connectivity index (χ2v) is 7.39. The molecule has 0 aliphatic carbocycles. The first-order valence-electron chi connectivity index (χ1n) is 8.33. The van der Waals surface area contributed by atoms with Gasteiger partial charge in [0.2, 0.25) is 5.82 Å². The van der Waals surface area contributed by atoms with Gasteiger partial charge in [0.1, 0.15) is 6.33 Å². The van der Waals surface area contributed by atoms with Crippen LogP contribution in [0.5, 0.6) is 0 Å². The predicted molar refractivity (Wildman–Crippen MR) is 102 cm³/mol. The summed E-state index contributed by atoms with van der Waals surface area (Å²) in [7, 11) is -4.02. The highest BCUT2D eigenvalue weighted by atomic mass is 32.2. The molecule has 0 aliphatic rings. The Morgan fingerprint density at radius 1 is 0.933 bits per heavy atom. The zero-order valence-corrected chi connectivity index (χ0v) is 16.2. The molecule has 1 N–H and O–H groups in total. The van der Waals surface area contributed by atoms with Gasteiger partial charge >= 0.3 is 0 Å². The van der Waals surface area contributed by atoms with Crippen LogP contribution < -0.4 is 0 Å². The lowest BCUT2D eigenvalue weighted by Gasteiger charge is -1.95. The molecule has 0 bridgehead atoms. The van der Waals surface area contributed by atoms with Crippen LogP contribution in [-0.4, -0.2) is 33.1 Å². The van der Waals surface area contributed by atoms with E-state index >= 15 is 0 Å². The van der Waals surface area contributed by atoms with Gasteiger partial charge in [-0.1, -0.05) is 22.9 Å². The molecule has 0 unspecified atom stereocenters. The molecule has 30 heavy (non-hydrogen) atoms. The van der Waals surface area contributed by atoms with Gasteiger partial charge in [0.05, 0.1) is 10.5 Å². The second kappa shape index (κ2) is 8.84. The first-order chi connectivity index (χ1) is 14.2. The lowest BCUT2D eigenvalue weighted by atomic mass is 10.2. The third-order valence-corrected chi connectivity index (χ3v) is 4.60.